The summed E-state index contributed by atoms with van der Waals surface area (Å²) in [6, 6.07) is 0. The van der Waals surface area contributed by atoms with Gasteiger partial charge in [0.1, 0.15) is 11.4 Å². The van der Waals surface area contributed by atoms with Crippen molar-refractivity contribution < 1.29 is 14.3 Å². The van der Waals surface area contributed by atoms with E-state index in [1.807, 2.05) is 0 Å². The third-order valence-electron chi connectivity index (χ3n) is 14.7. The molecule has 69 heavy (non-hydrogen) atoms. The number of ether oxygens (including phenoxy) is 1. The molecule has 1 rings (SSSR count). The average Bonchev–Trinajstić information content (AvgIpc) is 3.35. The molecule has 0 atom stereocenters. The molecular formula is C59H113N5O5. The van der Waals surface area contributed by atoms with Crippen molar-refractivity contribution in [2.45, 2.75) is 266 Å². The van der Waals surface area contributed by atoms with Crippen LogP contribution in [0.15, 0.2) is 9.59 Å². The summed E-state index contributed by atoms with van der Waals surface area (Å²) in [5, 5.41) is 9.42. The number of nitrogens with one attached hydrogen (secondary N) is 3. The van der Waals surface area contributed by atoms with Gasteiger partial charge in [-0.15, -0.1) is 0 Å². The number of rotatable bonds is 53. The summed E-state index contributed by atoms with van der Waals surface area (Å²) in [6.45, 7) is 18.8. The van der Waals surface area contributed by atoms with Crippen LogP contribution in [-0.4, -0.2) is 87.7 Å². The largest absolute Gasteiger partial charge is 0.465 e. The Kier molecular flexibility index (Phi) is 43.6. The van der Waals surface area contributed by atoms with Crippen molar-refractivity contribution in [2.24, 2.45) is 11.8 Å². The highest BCUT2D eigenvalue weighted by atomic mass is 16.5. The summed E-state index contributed by atoms with van der Waals surface area (Å²) < 4.78 is 5.89. The highest BCUT2D eigenvalue weighted by molar-refractivity contribution is 5.75. The van der Waals surface area contributed by atoms with Gasteiger partial charge in [0, 0.05) is 52.6 Å². The first-order valence-electron chi connectivity index (χ1n) is 29.9. The van der Waals surface area contributed by atoms with Crippen molar-refractivity contribution >= 4 is 23.3 Å². The molecule has 0 aliphatic heterocycles. The molecule has 10 heteroatoms. The number of likely N-dealkylation sites (N-methyl/N-ethyl adjacent to an activating group) is 1. The van der Waals surface area contributed by atoms with Gasteiger partial charge in [0.25, 0.3) is 10.9 Å². The number of amides is 1. The Morgan fingerprint density at radius 1 is 0.464 bits per heavy atom. The van der Waals surface area contributed by atoms with E-state index in [4.69, 9.17) is 4.74 Å². The monoisotopic (exact) mass is 972 g/mol. The van der Waals surface area contributed by atoms with E-state index in [9.17, 15) is 19.2 Å². The number of hydrogen-bond acceptors (Lipinski definition) is 9. The van der Waals surface area contributed by atoms with Crippen molar-refractivity contribution in [3.05, 3.63) is 20.4 Å². The molecule has 3 N–H and O–H groups in total. The first kappa shape index (κ1) is 64.6. The molecule has 0 radical (unpaired) electrons. The van der Waals surface area contributed by atoms with Gasteiger partial charge in [0.15, 0.2) is 0 Å². The topological polar surface area (TPSA) is 120 Å². The summed E-state index contributed by atoms with van der Waals surface area (Å²) in [6.07, 6.45) is 43.2. The quantitative estimate of drug-likeness (QED) is 0.0333. The molecule has 0 bridgehead atoms. The molecule has 0 aliphatic rings. The van der Waals surface area contributed by atoms with Gasteiger partial charge < -0.3 is 30.5 Å². The highest BCUT2D eigenvalue weighted by Gasteiger charge is 2.20. The molecule has 1 aromatic carbocycles. The van der Waals surface area contributed by atoms with Crippen LogP contribution in [0.4, 0.5) is 11.4 Å². The highest BCUT2D eigenvalue weighted by Crippen LogP contribution is 2.22. The minimum Gasteiger partial charge on any atom is -0.465 e. The number of anilines is 2. The Morgan fingerprint density at radius 3 is 1.38 bits per heavy atom. The molecule has 10 nitrogen and oxygen atoms in total. The first-order chi connectivity index (χ1) is 33.7. The van der Waals surface area contributed by atoms with Gasteiger partial charge in [0.05, 0.1) is 6.61 Å². The maximum atomic E-state index is 13.0. The number of esters is 1. The lowest BCUT2D eigenvalue weighted by molar-refractivity contribution is -0.145. The molecule has 0 saturated carbocycles. The van der Waals surface area contributed by atoms with E-state index >= 15 is 0 Å². The van der Waals surface area contributed by atoms with Crippen LogP contribution in [0.5, 0.6) is 0 Å². The van der Waals surface area contributed by atoms with Gasteiger partial charge in [-0.1, -0.05) is 202 Å². The maximum Gasteiger partial charge on any atom is 0.305 e. The standard InChI is InChI=1S/C59H113N5O5/c1-7-12-16-20-24-30-38-52(39-31-25-21-17-13-8-2)50-62-54(65)42-34-28-37-46-64(47-44-61-57-56(60-6)58(67)59(57)68)49-48-63(11-5)45-36-29-35-43-55(66)69-51-53(40-32-26-22-18-14-9-3)41-33-27-23-19-15-10-4/h52-53,60-61H,7-51H2,1-6H3,(H,62,65). The van der Waals surface area contributed by atoms with Crippen LogP contribution in [0, 0.1) is 11.8 Å². The summed E-state index contributed by atoms with van der Waals surface area (Å²) in [5.41, 5.74) is -0.117. The van der Waals surface area contributed by atoms with Gasteiger partial charge >= 0.3 is 5.97 Å². The molecule has 0 fully saturated rings. The van der Waals surface area contributed by atoms with E-state index in [-0.39, 0.29) is 11.9 Å². The Hall–Kier alpha value is -2.46. The lowest BCUT2D eigenvalue weighted by Crippen LogP contribution is -2.40. The first-order valence-corrected chi connectivity index (χ1v) is 29.9. The molecule has 0 spiro atoms. The number of carbonyl (C=O) groups excluding carboxylic acids is 2. The van der Waals surface area contributed by atoms with E-state index in [2.05, 4.69) is 60.4 Å². The Morgan fingerprint density at radius 2 is 0.884 bits per heavy atom. The molecule has 0 unspecified atom stereocenters. The number of hydrogen-bond donors (Lipinski definition) is 3. The third-order valence-corrected chi connectivity index (χ3v) is 14.7. The molecule has 0 aromatic heterocycles. The van der Waals surface area contributed by atoms with Crippen molar-refractivity contribution in [1.29, 1.82) is 0 Å². The zero-order valence-electron chi connectivity index (χ0n) is 46.4. The van der Waals surface area contributed by atoms with Gasteiger partial charge in [-0.2, -0.15) is 0 Å². The summed E-state index contributed by atoms with van der Waals surface area (Å²) in [7, 11) is 1.68. The predicted octanol–water partition coefficient (Wildman–Crippen LogP) is 14.4. The van der Waals surface area contributed by atoms with Crippen LogP contribution < -0.4 is 26.8 Å². The second kappa shape index (κ2) is 46.6. The fourth-order valence-electron chi connectivity index (χ4n) is 9.91. The second-order valence-electron chi connectivity index (χ2n) is 20.9. The second-order valence-corrected chi connectivity index (χ2v) is 20.9. The van der Waals surface area contributed by atoms with E-state index < -0.39 is 10.9 Å². The van der Waals surface area contributed by atoms with E-state index in [0.29, 0.717) is 49.2 Å². The van der Waals surface area contributed by atoms with E-state index in [0.717, 1.165) is 84.3 Å². The fraction of sp³-hybridized carbons (Fsp3) is 0.898. The number of carbonyl (C=O) groups is 2. The predicted molar refractivity (Wildman–Crippen MR) is 298 cm³/mol. The molecule has 1 amide bonds. The van der Waals surface area contributed by atoms with Crippen LogP contribution in [0.1, 0.15) is 266 Å². The molecule has 0 saturated heterocycles. The van der Waals surface area contributed by atoms with Gasteiger partial charge in [-0.05, 0) is 82.8 Å². The number of nitrogens with zero attached hydrogens (tertiary/aromatic N) is 2. The maximum absolute atomic E-state index is 13.0. The lowest BCUT2D eigenvalue weighted by atomic mass is 9.94. The summed E-state index contributed by atoms with van der Waals surface area (Å²) >= 11 is 0. The third kappa shape index (κ3) is 35.3. The molecule has 1 aromatic rings. The SMILES string of the molecule is CCCCCCCCC(CCCCCCCC)CNC(=O)CCCCCN(CCNc1c(NC)c(=O)c1=O)CCN(CC)CCCCCC(=O)OCC(CCCCCCCC)CCCCCCCC. The average molecular weight is 973 g/mol. The summed E-state index contributed by atoms with van der Waals surface area (Å²) in [5.74, 6) is 1.26. The molecule has 404 valence electrons. The Labute approximate surface area is 425 Å². The number of unbranched alkanes of at least 4 members (excludes halogenated alkanes) is 24. The van der Waals surface area contributed by atoms with Crippen molar-refractivity contribution in [3.63, 3.8) is 0 Å². The van der Waals surface area contributed by atoms with E-state index in [1.165, 1.54) is 180 Å². The minimum absolute atomic E-state index is 0.0278. The van der Waals surface area contributed by atoms with Crippen LogP contribution in [0.25, 0.3) is 0 Å². The van der Waals surface area contributed by atoms with Gasteiger partial charge in [-0.25, -0.2) is 0 Å². The zero-order valence-corrected chi connectivity index (χ0v) is 46.4. The minimum atomic E-state index is -0.450. The van der Waals surface area contributed by atoms with Crippen molar-refractivity contribution in [1.82, 2.24) is 15.1 Å². The Balaban J connectivity index is 2.56. The van der Waals surface area contributed by atoms with Crippen LogP contribution in [0.3, 0.4) is 0 Å². The van der Waals surface area contributed by atoms with E-state index in [1.54, 1.807) is 7.05 Å². The summed E-state index contributed by atoms with van der Waals surface area (Å²) in [4.78, 5) is 55.0. The van der Waals surface area contributed by atoms with Gasteiger partial charge in [-0.3, -0.25) is 19.2 Å². The molecular weight excluding hydrogens is 859 g/mol. The fourth-order valence-corrected chi connectivity index (χ4v) is 9.91. The van der Waals surface area contributed by atoms with Crippen LogP contribution in [0.2, 0.25) is 0 Å². The normalized spacial score (nSPS) is 11.8. The van der Waals surface area contributed by atoms with Gasteiger partial charge in [0.2, 0.25) is 5.91 Å². The Bertz CT molecular complexity index is 1370. The molecule has 0 heterocycles. The zero-order chi connectivity index (χ0) is 50.4. The van der Waals surface area contributed by atoms with Crippen LogP contribution >= 0.6 is 0 Å². The van der Waals surface area contributed by atoms with Crippen molar-refractivity contribution in [3.8, 4) is 0 Å². The lowest BCUT2D eigenvalue weighted by Gasteiger charge is -2.27. The van der Waals surface area contributed by atoms with Crippen LogP contribution in [-0.2, 0) is 14.3 Å². The smallest absolute Gasteiger partial charge is 0.305 e. The van der Waals surface area contributed by atoms with Crippen molar-refractivity contribution in [2.75, 3.05) is 76.6 Å². The molecule has 0 aliphatic carbocycles.